The van der Waals surface area contributed by atoms with Gasteiger partial charge in [-0.25, -0.2) is 0 Å². The van der Waals surface area contributed by atoms with Gasteiger partial charge in [-0.2, -0.15) is 5.10 Å². The second-order valence-electron chi connectivity index (χ2n) is 3.38. The zero-order chi connectivity index (χ0) is 9.97. The molecule has 0 amide bonds. The molecule has 2 heterocycles. The minimum Gasteiger partial charge on any atom is -0.381 e. The van der Waals surface area contributed by atoms with Crippen molar-refractivity contribution in [3.63, 3.8) is 0 Å². The number of hydrogen-bond donors (Lipinski definition) is 0. The standard InChI is InChI=1S/C9H11IN2O2/c10-8-3-11-12(4-8)5-9(13)7-1-2-14-6-7/h3-4,7H,1-2,5-6H2. The SMILES string of the molecule is O=C(Cn1cc(I)cn1)C1CCOC1. The van der Waals surface area contributed by atoms with Gasteiger partial charge in [0.05, 0.1) is 22.9 Å². The molecule has 0 radical (unpaired) electrons. The summed E-state index contributed by atoms with van der Waals surface area (Å²) in [5, 5.41) is 4.07. The third kappa shape index (κ3) is 2.33. The van der Waals surface area contributed by atoms with Crippen molar-refractivity contribution in [2.24, 2.45) is 5.92 Å². The summed E-state index contributed by atoms with van der Waals surface area (Å²) >= 11 is 2.18. The summed E-state index contributed by atoms with van der Waals surface area (Å²) in [6, 6.07) is 0. The predicted molar refractivity (Wildman–Crippen MR) is 58.9 cm³/mol. The highest BCUT2D eigenvalue weighted by molar-refractivity contribution is 14.1. The second-order valence-corrected chi connectivity index (χ2v) is 4.63. The highest BCUT2D eigenvalue weighted by atomic mass is 127. The maximum Gasteiger partial charge on any atom is 0.159 e. The molecule has 5 heteroatoms. The molecule has 1 aliphatic rings. The lowest BCUT2D eigenvalue weighted by atomic mass is 10.0. The quantitative estimate of drug-likeness (QED) is 0.785. The molecule has 1 aromatic rings. The lowest BCUT2D eigenvalue weighted by Crippen LogP contribution is -2.20. The number of aromatic nitrogens is 2. The van der Waals surface area contributed by atoms with Gasteiger partial charge in [0.2, 0.25) is 0 Å². The van der Waals surface area contributed by atoms with E-state index in [2.05, 4.69) is 27.7 Å². The first-order valence-corrected chi connectivity index (χ1v) is 5.62. The molecule has 1 unspecified atom stereocenters. The Morgan fingerprint density at radius 3 is 3.21 bits per heavy atom. The zero-order valence-electron chi connectivity index (χ0n) is 7.65. The van der Waals surface area contributed by atoms with Crippen LogP contribution in [0.5, 0.6) is 0 Å². The van der Waals surface area contributed by atoms with Gasteiger partial charge in [-0.3, -0.25) is 9.48 Å². The van der Waals surface area contributed by atoms with Gasteiger partial charge in [0, 0.05) is 18.7 Å². The van der Waals surface area contributed by atoms with Gasteiger partial charge in [0.15, 0.2) is 5.78 Å². The molecule has 0 N–H and O–H groups in total. The number of nitrogens with zero attached hydrogens (tertiary/aromatic N) is 2. The number of carbonyl (C=O) groups excluding carboxylic acids is 1. The van der Waals surface area contributed by atoms with Gasteiger partial charge in [-0.15, -0.1) is 0 Å². The van der Waals surface area contributed by atoms with Gasteiger partial charge in [0.25, 0.3) is 0 Å². The molecule has 14 heavy (non-hydrogen) atoms. The molecule has 0 bridgehead atoms. The van der Waals surface area contributed by atoms with Crippen LogP contribution < -0.4 is 0 Å². The summed E-state index contributed by atoms with van der Waals surface area (Å²) in [6.45, 7) is 1.67. The van der Waals surface area contributed by atoms with E-state index in [0.29, 0.717) is 19.8 Å². The van der Waals surface area contributed by atoms with Gasteiger partial charge >= 0.3 is 0 Å². The maximum atomic E-state index is 11.7. The summed E-state index contributed by atoms with van der Waals surface area (Å²) in [4.78, 5) is 11.7. The molecule has 2 rings (SSSR count). The maximum absolute atomic E-state index is 11.7. The van der Waals surface area contributed by atoms with Crippen molar-refractivity contribution >= 4 is 28.4 Å². The van der Waals surface area contributed by atoms with Crippen LogP contribution in [0.3, 0.4) is 0 Å². The van der Waals surface area contributed by atoms with Crippen LogP contribution in [0.15, 0.2) is 12.4 Å². The third-order valence-electron chi connectivity index (χ3n) is 2.30. The summed E-state index contributed by atoms with van der Waals surface area (Å²) < 4.78 is 7.91. The molecule has 0 saturated carbocycles. The minimum absolute atomic E-state index is 0.0804. The number of hydrogen-bond acceptors (Lipinski definition) is 3. The van der Waals surface area contributed by atoms with E-state index in [1.165, 1.54) is 0 Å². The van der Waals surface area contributed by atoms with Crippen LogP contribution in [0.25, 0.3) is 0 Å². The van der Waals surface area contributed by atoms with Crippen molar-refractivity contribution in [2.45, 2.75) is 13.0 Å². The fourth-order valence-corrected chi connectivity index (χ4v) is 1.95. The van der Waals surface area contributed by atoms with E-state index in [1.54, 1.807) is 10.9 Å². The van der Waals surface area contributed by atoms with Crippen LogP contribution in [0.1, 0.15) is 6.42 Å². The normalized spacial score (nSPS) is 21.4. The molecule has 0 spiro atoms. The number of Topliss-reactive ketones (excluding diaryl/α,β-unsaturated/α-hetero) is 1. The Kier molecular flexibility index (Phi) is 3.17. The predicted octanol–water partition coefficient (Wildman–Crippen LogP) is 1.09. The first-order chi connectivity index (χ1) is 6.75. The topological polar surface area (TPSA) is 44.1 Å². The number of ketones is 1. The number of halogens is 1. The molecule has 1 aromatic heterocycles. The summed E-state index contributed by atoms with van der Waals surface area (Å²) in [7, 11) is 0. The lowest BCUT2D eigenvalue weighted by Gasteiger charge is -2.05. The molecule has 1 atom stereocenters. The van der Waals surface area contributed by atoms with Gasteiger partial charge < -0.3 is 4.74 Å². The van der Waals surface area contributed by atoms with E-state index < -0.39 is 0 Å². The van der Waals surface area contributed by atoms with Crippen LogP contribution in [-0.4, -0.2) is 28.8 Å². The largest absolute Gasteiger partial charge is 0.381 e. The molecule has 1 fully saturated rings. The summed E-state index contributed by atoms with van der Waals surface area (Å²) in [6.07, 6.45) is 4.48. The zero-order valence-corrected chi connectivity index (χ0v) is 9.81. The Labute approximate surface area is 95.8 Å². The smallest absolute Gasteiger partial charge is 0.159 e. The number of rotatable bonds is 3. The van der Waals surface area contributed by atoms with Crippen molar-refractivity contribution in [2.75, 3.05) is 13.2 Å². The Balaban J connectivity index is 1.93. The molecule has 1 aliphatic heterocycles. The fraction of sp³-hybridized carbons (Fsp3) is 0.556. The van der Waals surface area contributed by atoms with E-state index in [1.807, 2.05) is 6.20 Å². The van der Waals surface area contributed by atoms with Crippen molar-refractivity contribution < 1.29 is 9.53 Å². The first kappa shape index (κ1) is 10.1. The Bertz CT molecular complexity index is 331. The van der Waals surface area contributed by atoms with Crippen molar-refractivity contribution in [1.82, 2.24) is 9.78 Å². The van der Waals surface area contributed by atoms with Gasteiger partial charge in [0.1, 0.15) is 0 Å². The molecule has 1 saturated heterocycles. The molecule has 0 aliphatic carbocycles. The third-order valence-corrected chi connectivity index (χ3v) is 2.86. The molecule has 0 aromatic carbocycles. The average Bonchev–Trinajstić information content (AvgIpc) is 2.75. The van der Waals surface area contributed by atoms with Crippen LogP contribution in [0, 0.1) is 9.49 Å². The van der Waals surface area contributed by atoms with E-state index in [9.17, 15) is 4.79 Å². The monoisotopic (exact) mass is 306 g/mol. The number of carbonyl (C=O) groups is 1. The summed E-state index contributed by atoms with van der Waals surface area (Å²) in [5.74, 6) is 0.305. The van der Waals surface area contributed by atoms with E-state index in [4.69, 9.17) is 4.74 Å². The Morgan fingerprint density at radius 2 is 2.64 bits per heavy atom. The van der Waals surface area contributed by atoms with Crippen LogP contribution >= 0.6 is 22.6 Å². The van der Waals surface area contributed by atoms with Crippen LogP contribution in [-0.2, 0) is 16.1 Å². The van der Waals surface area contributed by atoms with E-state index in [-0.39, 0.29) is 11.7 Å². The fourth-order valence-electron chi connectivity index (χ4n) is 1.50. The Morgan fingerprint density at radius 1 is 1.79 bits per heavy atom. The average molecular weight is 306 g/mol. The van der Waals surface area contributed by atoms with Crippen molar-refractivity contribution in [1.29, 1.82) is 0 Å². The first-order valence-electron chi connectivity index (χ1n) is 4.54. The van der Waals surface area contributed by atoms with E-state index in [0.717, 1.165) is 9.99 Å². The minimum atomic E-state index is 0.0804. The van der Waals surface area contributed by atoms with Crippen molar-refractivity contribution in [3.8, 4) is 0 Å². The van der Waals surface area contributed by atoms with E-state index >= 15 is 0 Å². The number of ether oxygens (including phenoxy) is 1. The molecule has 76 valence electrons. The lowest BCUT2D eigenvalue weighted by molar-refractivity contribution is -0.123. The van der Waals surface area contributed by atoms with Crippen molar-refractivity contribution in [3.05, 3.63) is 16.0 Å². The highest BCUT2D eigenvalue weighted by Crippen LogP contribution is 2.14. The van der Waals surface area contributed by atoms with Gasteiger partial charge in [-0.05, 0) is 29.0 Å². The molecular weight excluding hydrogens is 295 g/mol. The molecule has 4 nitrogen and oxygen atoms in total. The van der Waals surface area contributed by atoms with Gasteiger partial charge in [-0.1, -0.05) is 0 Å². The second kappa shape index (κ2) is 4.39. The highest BCUT2D eigenvalue weighted by Gasteiger charge is 2.23. The van der Waals surface area contributed by atoms with Crippen LogP contribution in [0.4, 0.5) is 0 Å². The van der Waals surface area contributed by atoms with Crippen LogP contribution in [0.2, 0.25) is 0 Å². The Hall–Kier alpha value is -0.430. The summed E-state index contributed by atoms with van der Waals surface area (Å²) in [5.41, 5.74) is 0. The molecular formula is C9H11IN2O2.